The largest absolute Gasteiger partial charge is 0.434 e. The van der Waals surface area contributed by atoms with Gasteiger partial charge in [-0.15, -0.1) is 0 Å². The summed E-state index contributed by atoms with van der Waals surface area (Å²) in [6.45, 7) is -1.37. The van der Waals surface area contributed by atoms with Crippen LogP contribution < -0.4 is 0 Å². The van der Waals surface area contributed by atoms with E-state index < -0.39 is 46.4 Å². The molecule has 1 N–H and O–H groups in total. The number of morpholine rings is 1. The number of nitrogens with zero attached hydrogens (tertiary/aromatic N) is 2. The van der Waals surface area contributed by atoms with E-state index in [9.17, 15) is 30.8 Å². The molecular weight excluding hydrogens is 484 g/mol. The highest BCUT2D eigenvalue weighted by atomic mass is 35.5. The van der Waals surface area contributed by atoms with Crippen LogP contribution in [0.3, 0.4) is 0 Å². The summed E-state index contributed by atoms with van der Waals surface area (Å²) in [7, 11) is -4.00. The van der Waals surface area contributed by atoms with Gasteiger partial charge in [-0.3, -0.25) is 0 Å². The van der Waals surface area contributed by atoms with Gasteiger partial charge in [0.25, 0.3) is 0 Å². The van der Waals surface area contributed by atoms with Gasteiger partial charge in [0, 0.05) is 26.2 Å². The molecule has 3 rings (SSSR count). The minimum atomic E-state index is -4.90. The van der Waals surface area contributed by atoms with Gasteiger partial charge in [0.15, 0.2) is 0 Å². The van der Waals surface area contributed by atoms with Gasteiger partial charge in [0.1, 0.15) is 5.82 Å². The predicted octanol–water partition coefficient (Wildman–Crippen LogP) is 2.39. The van der Waals surface area contributed by atoms with E-state index in [0.717, 1.165) is 23.1 Å². The maximum atomic E-state index is 13.4. The molecule has 14 heteroatoms. The van der Waals surface area contributed by atoms with Crippen LogP contribution >= 0.6 is 11.6 Å². The van der Waals surface area contributed by atoms with Crippen molar-refractivity contribution in [3.8, 4) is 0 Å². The SMILES string of the molecule is O=C(OC(CO)C(F)(F)F)N1CCC2(CC1)CN(S(=O)(=O)c1ccc(F)c(Cl)c1)CCO2. The molecule has 8 nitrogen and oxygen atoms in total. The summed E-state index contributed by atoms with van der Waals surface area (Å²) in [5.41, 5.74) is -0.938. The molecule has 32 heavy (non-hydrogen) atoms. The number of ether oxygens (including phenoxy) is 2. The van der Waals surface area contributed by atoms with Crippen molar-refractivity contribution in [3.63, 3.8) is 0 Å². The molecule has 2 aliphatic heterocycles. The monoisotopic (exact) mass is 504 g/mol. The van der Waals surface area contributed by atoms with Gasteiger partial charge < -0.3 is 19.5 Å². The van der Waals surface area contributed by atoms with Crippen LogP contribution in [-0.2, 0) is 19.5 Å². The molecule has 180 valence electrons. The lowest BCUT2D eigenvalue weighted by Gasteiger charge is -2.46. The molecule has 1 aromatic rings. The van der Waals surface area contributed by atoms with Crippen molar-refractivity contribution in [1.82, 2.24) is 9.21 Å². The second kappa shape index (κ2) is 9.29. The fraction of sp³-hybridized carbons (Fsp3) is 0.611. The van der Waals surface area contributed by atoms with Gasteiger partial charge in [-0.2, -0.15) is 17.5 Å². The zero-order chi connectivity index (χ0) is 23.7. The van der Waals surface area contributed by atoms with Gasteiger partial charge in [-0.25, -0.2) is 17.6 Å². The van der Waals surface area contributed by atoms with Gasteiger partial charge in [-0.1, -0.05) is 11.6 Å². The number of sulfonamides is 1. The number of carbonyl (C=O) groups is 1. The Hall–Kier alpha value is -1.67. The van der Waals surface area contributed by atoms with E-state index in [-0.39, 0.29) is 55.5 Å². The number of likely N-dealkylation sites (tertiary alicyclic amines) is 1. The van der Waals surface area contributed by atoms with E-state index in [0.29, 0.717) is 0 Å². The fourth-order valence-electron chi connectivity index (χ4n) is 3.60. The highest BCUT2D eigenvalue weighted by Gasteiger charge is 2.46. The first-order valence-electron chi connectivity index (χ1n) is 9.60. The van der Waals surface area contributed by atoms with E-state index in [4.69, 9.17) is 21.4 Å². The Morgan fingerprint density at radius 1 is 1.28 bits per heavy atom. The summed E-state index contributed by atoms with van der Waals surface area (Å²) in [6, 6.07) is 3.08. The predicted molar refractivity (Wildman–Crippen MR) is 103 cm³/mol. The van der Waals surface area contributed by atoms with E-state index in [1.807, 2.05) is 0 Å². The Kier molecular flexibility index (Phi) is 7.25. The minimum Gasteiger partial charge on any atom is -0.434 e. The number of rotatable bonds is 4. The summed E-state index contributed by atoms with van der Waals surface area (Å²) in [5, 5.41) is 8.48. The van der Waals surface area contributed by atoms with Crippen LogP contribution in [-0.4, -0.2) is 86.1 Å². The summed E-state index contributed by atoms with van der Waals surface area (Å²) >= 11 is 5.70. The van der Waals surface area contributed by atoms with Crippen LogP contribution in [0.5, 0.6) is 0 Å². The Morgan fingerprint density at radius 3 is 2.50 bits per heavy atom. The number of benzene rings is 1. The van der Waals surface area contributed by atoms with E-state index >= 15 is 0 Å². The molecule has 1 aromatic carbocycles. The average molecular weight is 505 g/mol. The van der Waals surface area contributed by atoms with Crippen LogP contribution in [0.2, 0.25) is 5.02 Å². The molecule has 2 fully saturated rings. The fourth-order valence-corrected chi connectivity index (χ4v) is 5.37. The maximum absolute atomic E-state index is 13.4. The maximum Gasteiger partial charge on any atom is 0.427 e. The number of carbonyl (C=O) groups excluding carboxylic acids is 1. The molecule has 0 bridgehead atoms. The Morgan fingerprint density at radius 2 is 1.94 bits per heavy atom. The van der Waals surface area contributed by atoms with Crippen molar-refractivity contribution >= 4 is 27.7 Å². The standard InChI is InChI=1S/C18H21ClF4N2O6S/c19-13-9-12(1-2-14(13)20)32(28,29)25-7-8-30-17(11-25)3-5-24(6-4-17)16(27)31-15(10-26)18(21,22)23/h1-2,9,15,26H,3-8,10-11H2. The molecule has 1 atom stereocenters. The van der Waals surface area contributed by atoms with Gasteiger partial charge >= 0.3 is 12.3 Å². The number of amides is 1. The third kappa shape index (κ3) is 5.28. The first-order valence-corrected chi connectivity index (χ1v) is 11.4. The summed E-state index contributed by atoms with van der Waals surface area (Å²) in [5.74, 6) is -0.753. The lowest BCUT2D eigenvalue weighted by Crippen LogP contribution is -2.58. The Balaban J connectivity index is 1.65. The van der Waals surface area contributed by atoms with Crippen molar-refractivity contribution in [2.75, 3.05) is 39.4 Å². The van der Waals surface area contributed by atoms with Crippen molar-refractivity contribution < 1.29 is 45.4 Å². The number of hydrogen-bond acceptors (Lipinski definition) is 6. The van der Waals surface area contributed by atoms with E-state index in [1.165, 1.54) is 4.31 Å². The smallest absolute Gasteiger partial charge is 0.427 e. The van der Waals surface area contributed by atoms with Crippen molar-refractivity contribution in [1.29, 1.82) is 0 Å². The second-order valence-electron chi connectivity index (χ2n) is 7.53. The lowest BCUT2D eigenvalue weighted by atomic mass is 9.90. The second-order valence-corrected chi connectivity index (χ2v) is 9.87. The molecule has 0 aromatic heterocycles. The number of piperidine rings is 1. The molecule has 2 aliphatic rings. The molecular formula is C18H21ClF4N2O6S. The molecule has 0 aliphatic carbocycles. The van der Waals surface area contributed by atoms with Gasteiger partial charge in [-0.05, 0) is 31.0 Å². The number of alkyl halides is 3. The van der Waals surface area contributed by atoms with Gasteiger partial charge in [0.05, 0.1) is 28.7 Å². The zero-order valence-electron chi connectivity index (χ0n) is 16.6. The molecule has 1 amide bonds. The number of halogens is 5. The number of aliphatic hydroxyl groups is 1. The summed E-state index contributed by atoms with van der Waals surface area (Å²) in [4.78, 5) is 12.9. The summed E-state index contributed by atoms with van der Waals surface area (Å²) in [6.07, 6.45) is -8.42. The van der Waals surface area contributed by atoms with Crippen LogP contribution in [0.1, 0.15) is 12.8 Å². The summed E-state index contributed by atoms with van der Waals surface area (Å²) < 4.78 is 88.8. The highest BCUT2D eigenvalue weighted by molar-refractivity contribution is 7.89. The topological polar surface area (TPSA) is 96.4 Å². The third-order valence-electron chi connectivity index (χ3n) is 5.45. The molecule has 2 heterocycles. The highest BCUT2D eigenvalue weighted by Crippen LogP contribution is 2.34. The average Bonchev–Trinajstić information content (AvgIpc) is 2.73. The van der Waals surface area contributed by atoms with Crippen molar-refractivity contribution in [2.45, 2.75) is 35.6 Å². The van der Waals surface area contributed by atoms with Crippen LogP contribution in [0.25, 0.3) is 0 Å². The van der Waals surface area contributed by atoms with E-state index in [2.05, 4.69) is 4.74 Å². The molecule has 2 saturated heterocycles. The van der Waals surface area contributed by atoms with E-state index in [1.54, 1.807) is 0 Å². The number of aliphatic hydroxyl groups excluding tert-OH is 1. The van der Waals surface area contributed by atoms with Crippen molar-refractivity contribution in [2.24, 2.45) is 0 Å². The van der Waals surface area contributed by atoms with Crippen molar-refractivity contribution in [3.05, 3.63) is 29.0 Å². The first-order chi connectivity index (χ1) is 14.9. The Bertz CT molecular complexity index is 953. The third-order valence-corrected chi connectivity index (χ3v) is 7.58. The minimum absolute atomic E-state index is 0.0227. The molecule has 0 saturated carbocycles. The first kappa shape index (κ1) is 25.0. The lowest BCUT2D eigenvalue weighted by molar-refractivity contribution is -0.215. The quantitative estimate of drug-likeness (QED) is 0.633. The molecule has 0 radical (unpaired) electrons. The zero-order valence-corrected chi connectivity index (χ0v) is 18.2. The molecule has 1 spiro atoms. The van der Waals surface area contributed by atoms with Crippen LogP contribution in [0, 0.1) is 5.82 Å². The Labute approximate surface area is 186 Å². The number of hydrogen-bond donors (Lipinski definition) is 1. The molecule has 1 unspecified atom stereocenters. The normalized spacial score (nSPS) is 20.9. The van der Waals surface area contributed by atoms with Crippen LogP contribution in [0.15, 0.2) is 23.1 Å². The van der Waals surface area contributed by atoms with Gasteiger partial charge in [0.2, 0.25) is 16.1 Å². The van der Waals surface area contributed by atoms with Crippen LogP contribution in [0.4, 0.5) is 22.4 Å².